The van der Waals surface area contributed by atoms with Gasteiger partial charge < -0.3 is 25.8 Å². The lowest BCUT2D eigenvalue weighted by Gasteiger charge is -2.26. The van der Waals surface area contributed by atoms with Gasteiger partial charge in [0.25, 0.3) is 5.91 Å². The van der Waals surface area contributed by atoms with Gasteiger partial charge >= 0.3 is 0 Å². The van der Waals surface area contributed by atoms with E-state index in [9.17, 15) is 4.79 Å². The van der Waals surface area contributed by atoms with Crippen LogP contribution in [-0.4, -0.2) is 64.4 Å². The number of amides is 1. The molecule has 0 radical (unpaired) electrons. The molecule has 7 nitrogen and oxygen atoms in total. The molecule has 2 heterocycles. The first-order valence-electron chi connectivity index (χ1n) is 6.89. The first kappa shape index (κ1) is 15.9. The van der Waals surface area contributed by atoms with Crippen LogP contribution in [0.5, 0.6) is 5.75 Å². The fourth-order valence-electron chi connectivity index (χ4n) is 2.18. The number of nitrogens with zero attached hydrogens (tertiary/aromatic N) is 1. The van der Waals surface area contributed by atoms with Crippen LogP contribution in [0.1, 0.15) is 9.67 Å². The predicted molar refractivity (Wildman–Crippen MR) is 84.4 cm³/mol. The van der Waals surface area contributed by atoms with Gasteiger partial charge in [0.05, 0.1) is 20.3 Å². The number of carbonyl (C=O) groups excluding carboxylic acids is 1. The Kier molecular flexibility index (Phi) is 5.66. The van der Waals surface area contributed by atoms with E-state index in [4.69, 9.17) is 15.2 Å². The van der Waals surface area contributed by atoms with Gasteiger partial charge in [-0.1, -0.05) is 0 Å². The summed E-state index contributed by atoms with van der Waals surface area (Å²) in [5.74, 6) is 0.345. The fourth-order valence-corrected chi connectivity index (χ4v) is 3.24. The third-order valence-corrected chi connectivity index (χ3v) is 4.50. The summed E-state index contributed by atoms with van der Waals surface area (Å²) in [4.78, 5) is 14.6. The Morgan fingerprint density at radius 1 is 1.48 bits per heavy atom. The molecule has 1 aromatic rings. The number of carbonyl (C=O) groups is 1. The largest absolute Gasteiger partial charge is 0.492 e. The van der Waals surface area contributed by atoms with Crippen LogP contribution in [0.25, 0.3) is 0 Å². The van der Waals surface area contributed by atoms with Crippen molar-refractivity contribution in [3.8, 4) is 5.75 Å². The van der Waals surface area contributed by atoms with Crippen LogP contribution < -0.4 is 21.1 Å². The maximum absolute atomic E-state index is 11.8. The van der Waals surface area contributed by atoms with Gasteiger partial charge in [0, 0.05) is 33.2 Å². The second-order valence-electron chi connectivity index (χ2n) is 4.67. The highest BCUT2D eigenvalue weighted by atomic mass is 32.1. The molecule has 1 saturated heterocycles. The molecular formula is C13H22N4O3S. The quantitative estimate of drug-likeness (QED) is 0.706. The zero-order valence-electron chi connectivity index (χ0n) is 12.4. The zero-order valence-corrected chi connectivity index (χ0v) is 13.2. The van der Waals surface area contributed by atoms with Crippen LogP contribution in [0, 0.1) is 0 Å². The molecule has 2 rings (SSSR count). The number of hydrogen-bond donors (Lipinski definition) is 3. The van der Waals surface area contributed by atoms with Crippen LogP contribution in [0.2, 0.25) is 0 Å². The number of nitrogens with two attached hydrogens (primary N) is 1. The van der Waals surface area contributed by atoms with E-state index in [1.807, 2.05) is 0 Å². The standard InChI is InChI=1S/C13H22N4O3S/c1-15-12(18)11-9(14)10(19-2)13(21-11)16-3-4-17-5-7-20-8-6-17/h16H,3-8,14H2,1-2H3,(H,15,18). The van der Waals surface area contributed by atoms with Crippen molar-refractivity contribution >= 4 is 27.9 Å². The summed E-state index contributed by atoms with van der Waals surface area (Å²) in [7, 11) is 3.14. The van der Waals surface area contributed by atoms with Crippen molar-refractivity contribution in [2.75, 3.05) is 64.6 Å². The highest BCUT2D eigenvalue weighted by molar-refractivity contribution is 7.19. The number of ether oxygens (including phenoxy) is 2. The molecule has 21 heavy (non-hydrogen) atoms. The smallest absolute Gasteiger partial charge is 0.263 e. The van der Waals surface area contributed by atoms with Gasteiger partial charge in [0.15, 0.2) is 5.75 Å². The maximum Gasteiger partial charge on any atom is 0.263 e. The van der Waals surface area contributed by atoms with E-state index in [2.05, 4.69) is 15.5 Å². The molecule has 0 unspecified atom stereocenters. The minimum absolute atomic E-state index is 0.197. The van der Waals surface area contributed by atoms with Crippen LogP contribution in [0.4, 0.5) is 10.7 Å². The number of morpholine rings is 1. The number of methoxy groups -OCH3 is 1. The first-order chi connectivity index (χ1) is 10.2. The van der Waals surface area contributed by atoms with Gasteiger partial charge in [-0.3, -0.25) is 9.69 Å². The van der Waals surface area contributed by atoms with Gasteiger partial charge in [-0.05, 0) is 0 Å². The minimum atomic E-state index is -0.197. The van der Waals surface area contributed by atoms with E-state index < -0.39 is 0 Å². The molecule has 0 saturated carbocycles. The number of anilines is 2. The summed E-state index contributed by atoms with van der Waals surface area (Å²) >= 11 is 1.31. The summed E-state index contributed by atoms with van der Waals surface area (Å²) in [5.41, 5.74) is 6.35. The number of thiophene rings is 1. The molecule has 118 valence electrons. The topological polar surface area (TPSA) is 88.9 Å². The summed E-state index contributed by atoms with van der Waals surface area (Å²) in [6.07, 6.45) is 0. The Hall–Kier alpha value is -1.51. The monoisotopic (exact) mass is 314 g/mol. The molecule has 0 spiro atoms. The third-order valence-electron chi connectivity index (χ3n) is 3.35. The molecule has 0 aromatic carbocycles. The summed E-state index contributed by atoms with van der Waals surface area (Å²) < 4.78 is 10.6. The molecule has 4 N–H and O–H groups in total. The lowest BCUT2D eigenvalue weighted by molar-refractivity contribution is 0.0398. The van der Waals surface area contributed by atoms with E-state index in [0.717, 1.165) is 44.4 Å². The highest BCUT2D eigenvalue weighted by Crippen LogP contribution is 2.42. The Balaban J connectivity index is 1.97. The summed E-state index contributed by atoms with van der Waals surface area (Å²) in [6.45, 7) is 5.17. The molecule has 1 aliphatic rings. The maximum atomic E-state index is 11.8. The molecule has 8 heteroatoms. The van der Waals surface area contributed by atoms with Gasteiger partial charge in [-0.2, -0.15) is 0 Å². The zero-order chi connectivity index (χ0) is 15.2. The van der Waals surface area contributed by atoms with Crippen molar-refractivity contribution in [1.29, 1.82) is 0 Å². The number of rotatable bonds is 6. The van der Waals surface area contributed by atoms with E-state index in [1.165, 1.54) is 11.3 Å². The fraction of sp³-hybridized carbons (Fsp3) is 0.615. The lowest BCUT2D eigenvalue weighted by Crippen LogP contribution is -2.38. The number of nitrogens with one attached hydrogen (secondary N) is 2. The lowest BCUT2D eigenvalue weighted by atomic mass is 10.3. The van der Waals surface area contributed by atoms with E-state index in [-0.39, 0.29) is 5.91 Å². The Morgan fingerprint density at radius 2 is 2.19 bits per heavy atom. The minimum Gasteiger partial charge on any atom is -0.492 e. The Morgan fingerprint density at radius 3 is 2.81 bits per heavy atom. The molecular weight excluding hydrogens is 292 g/mol. The second kappa shape index (κ2) is 7.48. The second-order valence-corrected chi connectivity index (χ2v) is 5.69. The van der Waals surface area contributed by atoms with Crippen molar-refractivity contribution in [1.82, 2.24) is 10.2 Å². The van der Waals surface area contributed by atoms with Gasteiger partial charge in [-0.25, -0.2) is 0 Å². The SMILES string of the molecule is CNC(=O)c1sc(NCCN2CCOCC2)c(OC)c1N. The van der Waals surface area contributed by atoms with Crippen LogP contribution in [0.3, 0.4) is 0 Å². The average molecular weight is 314 g/mol. The van der Waals surface area contributed by atoms with Crippen LogP contribution in [0.15, 0.2) is 0 Å². The summed E-state index contributed by atoms with van der Waals surface area (Å²) in [6, 6.07) is 0. The number of hydrogen-bond acceptors (Lipinski definition) is 7. The van der Waals surface area contributed by atoms with Crippen molar-refractivity contribution in [2.24, 2.45) is 0 Å². The molecule has 0 bridgehead atoms. The number of nitrogen functional groups attached to an aromatic ring is 1. The normalized spacial score (nSPS) is 15.7. The molecule has 1 aliphatic heterocycles. The first-order valence-corrected chi connectivity index (χ1v) is 7.71. The predicted octanol–water partition coefficient (Wildman–Crippen LogP) is 0.443. The van der Waals surface area contributed by atoms with E-state index in [1.54, 1.807) is 14.2 Å². The van der Waals surface area contributed by atoms with Gasteiger partial charge in [0.2, 0.25) is 0 Å². The molecule has 0 aliphatic carbocycles. The Labute approximate surface area is 128 Å². The molecule has 1 amide bonds. The van der Waals surface area contributed by atoms with E-state index >= 15 is 0 Å². The van der Waals surface area contributed by atoms with Crippen molar-refractivity contribution in [3.63, 3.8) is 0 Å². The molecule has 1 fully saturated rings. The van der Waals surface area contributed by atoms with Crippen molar-refractivity contribution in [3.05, 3.63) is 4.88 Å². The highest BCUT2D eigenvalue weighted by Gasteiger charge is 2.21. The van der Waals surface area contributed by atoms with Crippen LogP contribution in [-0.2, 0) is 4.74 Å². The molecule has 0 atom stereocenters. The van der Waals surface area contributed by atoms with Crippen molar-refractivity contribution < 1.29 is 14.3 Å². The third kappa shape index (κ3) is 3.78. The molecule has 1 aromatic heterocycles. The van der Waals surface area contributed by atoms with Crippen LogP contribution >= 0.6 is 11.3 Å². The van der Waals surface area contributed by atoms with Crippen molar-refractivity contribution in [2.45, 2.75) is 0 Å². The van der Waals surface area contributed by atoms with Gasteiger partial charge in [0.1, 0.15) is 15.6 Å². The van der Waals surface area contributed by atoms with Gasteiger partial charge in [-0.15, -0.1) is 11.3 Å². The van der Waals surface area contributed by atoms with E-state index in [0.29, 0.717) is 16.3 Å². The Bertz CT molecular complexity index is 486. The summed E-state index contributed by atoms with van der Waals surface area (Å²) in [5, 5.41) is 6.68. The average Bonchev–Trinajstić information content (AvgIpc) is 2.83.